The topological polar surface area (TPSA) is 37.3 Å². The van der Waals surface area contributed by atoms with E-state index in [2.05, 4.69) is 35.0 Å². The molecule has 98 valence electrons. The van der Waals surface area contributed by atoms with Gasteiger partial charge in [0, 0.05) is 14.3 Å². The van der Waals surface area contributed by atoms with Gasteiger partial charge in [-0.25, -0.2) is 0 Å². The van der Waals surface area contributed by atoms with Gasteiger partial charge in [-0.3, -0.25) is 4.79 Å². The van der Waals surface area contributed by atoms with Crippen LogP contribution in [-0.4, -0.2) is 11.1 Å². The highest BCUT2D eigenvalue weighted by Crippen LogP contribution is 2.31. The van der Waals surface area contributed by atoms with Gasteiger partial charge >= 0.3 is 5.97 Å². The standard InChI is InChI=1S/C15H13BrO2S/c1-10-8-12(16)4-7-14(10)19-13-5-2-11(3-6-13)9-15(17)18/h2-8H,9H2,1H3,(H,17,18). The van der Waals surface area contributed by atoms with E-state index < -0.39 is 5.97 Å². The summed E-state index contributed by atoms with van der Waals surface area (Å²) < 4.78 is 1.08. The average molecular weight is 337 g/mol. The van der Waals surface area contributed by atoms with Crippen molar-refractivity contribution in [1.82, 2.24) is 0 Å². The second kappa shape index (κ2) is 6.26. The van der Waals surface area contributed by atoms with E-state index in [1.807, 2.05) is 30.3 Å². The summed E-state index contributed by atoms with van der Waals surface area (Å²) in [4.78, 5) is 12.9. The van der Waals surface area contributed by atoms with Crippen molar-refractivity contribution < 1.29 is 9.90 Å². The lowest BCUT2D eigenvalue weighted by molar-refractivity contribution is -0.136. The predicted octanol–water partition coefficient (Wildman–Crippen LogP) is 4.54. The zero-order valence-electron chi connectivity index (χ0n) is 10.4. The van der Waals surface area contributed by atoms with Crippen LogP contribution < -0.4 is 0 Å². The van der Waals surface area contributed by atoms with Crippen LogP contribution in [0.5, 0.6) is 0 Å². The molecule has 2 aromatic carbocycles. The molecule has 0 saturated heterocycles. The van der Waals surface area contributed by atoms with Gasteiger partial charge in [-0.1, -0.05) is 39.8 Å². The van der Waals surface area contributed by atoms with Crippen molar-refractivity contribution in [1.29, 1.82) is 0 Å². The first-order valence-corrected chi connectivity index (χ1v) is 7.40. The number of benzene rings is 2. The number of aryl methyl sites for hydroxylation is 1. The lowest BCUT2D eigenvalue weighted by Crippen LogP contribution is -1.99. The van der Waals surface area contributed by atoms with Gasteiger partial charge in [-0.15, -0.1) is 0 Å². The molecule has 1 N–H and O–H groups in total. The Labute approximate surface area is 125 Å². The zero-order chi connectivity index (χ0) is 13.8. The van der Waals surface area contributed by atoms with E-state index in [0.717, 1.165) is 14.9 Å². The molecule has 0 bridgehead atoms. The van der Waals surface area contributed by atoms with E-state index in [-0.39, 0.29) is 6.42 Å². The van der Waals surface area contributed by atoms with Gasteiger partial charge < -0.3 is 5.11 Å². The van der Waals surface area contributed by atoms with Crippen LogP contribution in [0, 0.1) is 6.92 Å². The van der Waals surface area contributed by atoms with E-state index in [4.69, 9.17) is 5.11 Å². The van der Waals surface area contributed by atoms with Crippen molar-refractivity contribution in [3.63, 3.8) is 0 Å². The van der Waals surface area contributed by atoms with Crippen molar-refractivity contribution in [2.24, 2.45) is 0 Å². The molecule has 2 nitrogen and oxygen atoms in total. The minimum absolute atomic E-state index is 0.0717. The number of hydrogen-bond acceptors (Lipinski definition) is 2. The fraction of sp³-hybridized carbons (Fsp3) is 0.133. The Bertz CT molecular complexity index is 594. The van der Waals surface area contributed by atoms with E-state index in [1.54, 1.807) is 11.8 Å². The fourth-order valence-corrected chi connectivity index (χ4v) is 3.06. The molecule has 0 fully saturated rings. The summed E-state index contributed by atoms with van der Waals surface area (Å²) in [5, 5.41) is 8.72. The second-order valence-electron chi connectivity index (χ2n) is 4.23. The molecule has 0 aromatic heterocycles. The molecule has 4 heteroatoms. The highest BCUT2D eigenvalue weighted by atomic mass is 79.9. The van der Waals surface area contributed by atoms with Gasteiger partial charge in [0.1, 0.15) is 0 Å². The first-order valence-electron chi connectivity index (χ1n) is 5.79. The quantitative estimate of drug-likeness (QED) is 0.890. The van der Waals surface area contributed by atoms with Crippen LogP contribution in [-0.2, 0) is 11.2 Å². The number of rotatable bonds is 4. The predicted molar refractivity (Wildman–Crippen MR) is 80.8 cm³/mol. The van der Waals surface area contributed by atoms with E-state index >= 15 is 0 Å². The van der Waals surface area contributed by atoms with Crippen molar-refractivity contribution in [2.75, 3.05) is 0 Å². The molecule has 2 aromatic rings. The number of carboxylic acids is 1. The second-order valence-corrected chi connectivity index (χ2v) is 6.26. The average Bonchev–Trinajstić information content (AvgIpc) is 2.34. The Hall–Kier alpha value is -1.26. The zero-order valence-corrected chi connectivity index (χ0v) is 12.8. The summed E-state index contributed by atoms with van der Waals surface area (Å²) in [5.74, 6) is -0.802. The molecule has 0 radical (unpaired) electrons. The van der Waals surface area contributed by atoms with Crippen LogP contribution in [0.25, 0.3) is 0 Å². The van der Waals surface area contributed by atoms with E-state index in [1.165, 1.54) is 10.5 Å². The van der Waals surface area contributed by atoms with Gasteiger partial charge in [-0.05, 0) is 48.4 Å². The number of carboxylic acid groups (broad SMARTS) is 1. The smallest absolute Gasteiger partial charge is 0.307 e. The molecule has 0 aliphatic carbocycles. The molecular formula is C15H13BrO2S. The molecule has 0 spiro atoms. The Morgan fingerprint density at radius 3 is 2.47 bits per heavy atom. The summed E-state index contributed by atoms with van der Waals surface area (Å²) in [7, 11) is 0. The van der Waals surface area contributed by atoms with Gasteiger partial charge in [-0.2, -0.15) is 0 Å². The molecule has 0 aliphatic heterocycles. The summed E-state index contributed by atoms with van der Waals surface area (Å²) in [6.45, 7) is 2.08. The lowest BCUT2D eigenvalue weighted by Gasteiger charge is -2.06. The van der Waals surface area contributed by atoms with E-state index in [0.29, 0.717) is 0 Å². The molecule has 0 heterocycles. The van der Waals surface area contributed by atoms with Crippen LogP contribution >= 0.6 is 27.7 Å². The van der Waals surface area contributed by atoms with Gasteiger partial charge in [0.2, 0.25) is 0 Å². The van der Waals surface area contributed by atoms with Gasteiger partial charge in [0.25, 0.3) is 0 Å². The maximum absolute atomic E-state index is 10.6. The van der Waals surface area contributed by atoms with Crippen LogP contribution in [0.2, 0.25) is 0 Å². The van der Waals surface area contributed by atoms with Crippen molar-refractivity contribution in [3.05, 3.63) is 58.1 Å². The minimum atomic E-state index is -0.802. The summed E-state index contributed by atoms with van der Waals surface area (Å²) in [6, 6.07) is 13.8. The number of carbonyl (C=O) groups is 1. The summed E-state index contributed by atoms with van der Waals surface area (Å²) in [6.07, 6.45) is 0.0717. The first kappa shape index (κ1) is 14.2. The van der Waals surface area contributed by atoms with Crippen molar-refractivity contribution in [2.45, 2.75) is 23.1 Å². The Morgan fingerprint density at radius 2 is 1.89 bits per heavy atom. The highest BCUT2D eigenvalue weighted by molar-refractivity contribution is 9.10. The van der Waals surface area contributed by atoms with Gasteiger partial charge in [0.15, 0.2) is 0 Å². The SMILES string of the molecule is Cc1cc(Br)ccc1Sc1ccc(CC(=O)O)cc1. The van der Waals surface area contributed by atoms with Gasteiger partial charge in [0.05, 0.1) is 6.42 Å². The Morgan fingerprint density at radius 1 is 1.21 bits per heavy atom. The molecule has 0 atom stereocenters. The Balaban J connectivity index is 2.13. The van der Waals surface area contributed by atoms with Crippen LogP contribution in [0.3, 0.4) is 0 Å². The van der Waals surface area contributed by atoms with Crippen LogP contribution in [0.15, 0.2) is 56.7 Å². The Kier molecular flexibility index (Phi) is 4.66. The third-order valence-electron chi connectivity index (χ3n) is 2.64. The van der Waals surface area contributed by atoms with Crippen molar-refractivity contribution in [3.8, 4) is 0 Å². The largest absolute Gasteiger partial charge is 0.481 e. The van der Waals surface area contributed by atoms with Crippen LogP contribution in [0.1, 0.15) is 11.1 Å². The molecule has 0 unspecified atom stereocenters. The number of hydrogen-bond donors (Lipinski definition) is 1. The fourth-order valence-electron chi connectivity index (χ4n) is 1.70. The molecule has 0 saturated carbocycles. The normalized spacial score (nSPS) is 10.4. The third kappa shape index (κ3) is 4.11. The maximum atomic E-state index is 10.6. The maximum Gasteiger partial charge on any atom is 0.307 e. The number of halogens is 1. The van der Waals surface area contributed by atoms with Crippen molar-refractivity contribution >= 4 is 33.7 Å². The lowest BCUT2D eigenvalue weighted by atomic mass is 10.2. The molecule has 0 aliphatic rings. The first-order chi connectivity index (χ1) is 9.04. The number of aliphatic carboxylic acids is 1. The molecular weight excluding hydrogens is 324 g/mol. The third-order valence-corrected chi connectivity index (χ3v) is 4.32. The monoisotopic (exact) mass is 336 g/mol. The molecule has 2 rings (SSSR count). The molecule has 0 amide bonds. The summed E-state index contributed by atoms with van der Waals surface area (Å²) in [5.41, 5.74) is 2.04. The highest BCUT2D eigenvalue weighted by Gasteiger charge is 2.04. The van der Waals surface area contributed by atoms with E-state index in [9.17, 15) is 4.79 Å². The minimum Gasteiger partial charge on any atom is -0.481 e. The summed E-state index contributed by atoms with van der Waals surface area (Å²) >= 11 is 5.13. The van der Waals surface area contributed by atoms with Crippen LogP contribution in [0.4, 0.5) is 0 Å². The molecule has 19 heavy (non-hydrogen) atoms.